The molecule has 0 aliphatic heterocycles. The zero-order chi connectivity index (χ0) is 14.4. The van der Waals surface area contributed by atoms with Crippen LogP contribution in [-0.4, -0.2) is 12.5 Å². The van der Waals surface area contributed by atoms with Crippen molar-refractivity contribution in [3.05, 3.63) is 60.2 Å². The molecule has 4 heteroatoms. The quantitative estimate of drug-likeness (QED) is 0.878. The summed E-state index contributed by atoms with van der Waals surface area (Å²) in [6, 6.07) is 15.8. The van der Waals surface area contributed by atoms with Gasteiger partial charge in [0.05, 0.1) is 6.61 Å². The molecule has 0 unspecified atom stereocenters. The first kappa shape index (κ1) is 14.1. The SMILES string of the molecule is CCOc1cccc(NC(=O)[C@@H](N)c2ccccc2)c1. The van der Waals surface area contributed by atoms with Gasteiger partial charge in [0.25, 0.3) is 0 Å². The standard InChI is InChI=1S/C16H18N2O2/c1-2-20-14-10-6-9-13(11-14)18-16(19)15(17)12-7-4-3-5-8-12/h3-11,15H,2,17H2,1H3,(H,18,19)/t15-/m0/s1. The maximum absolute atomic E-state index is 12.1. The van der Waals surface area contributed by atoms with Crippen molar-refractivity contribution in [2.45, 2.75) is 13.0 Å². The number of carbonyl (C=O) groups is 1. The fourth-order valence-corrected chi connectivity index (χ4v) is 1.86. The highest BCUT2D eigenvalue weighted by atomic mass is 16.5. The summed E-state index contributed by atoms with van der Waals surface area (Å²) in [5.74, 6) is 0.475. The van der Waals surface area contributed by atoms with Crippen molar-refractivity contribution in [1.29, 1.82) is 0 Å². The summed E-state index contributed by atoms with van der Waals surface area (Å²) in [6.45, 7) is 2.50. The summed E-state index contributed by atoms with van der Waals surface area (Å²) < 4.78 is 5.39. The zero-order valence-electron chi connectivity index (χ0n) is 11.4. The molecule has 20 heavy (non-hydrogen) atoms. The van der Waals surface area contributed by atoms with E-state index in [0.29, 0.717) is 12.3 Å². The van der Waals surface area contributed by atoms with E-state index in [9.17, 15) is 4.79 Å². The molecule has 2 aromatic carbocycles. The topological polar surface area (TPSA) is 64.3 Å². The van der Waals surface area contributed by atoms with E-state index in [-0.39, 0.29) is 5.91 Å². The van der Waals surface area contributed by atoms with Gasteiger partial charge in [-0.3, -0.25) is 4.79 Å². The van der Waals surface area contributed by atoms with Crippen LogP contribution in [-0.2, 0) is 4.79 Å². The Labute approximate surface area is 118 Å². The van der Waals surface area contributed by atoms with Gasteiger partial charge in [0.2, 0.25) is 5.91 Å². The Morgan fingerprint density at radius 3 is 2.65 bits per heavy atom. The van der Waals surface area contributed by atoms with Crippen LogP contribution in [0.25, 0.3) is 0 Å². The lowest BCUT2D eigenvalue weighted by Crippen LogP contribution is -2.27. The maximum Gasteiger partial charge on any atom is 0.245 e. The number of nitrogens with one attached hydrogen (secondary N) is 1. The van der Waals surface area contributed by atoms with Gasteiger partial charge in [-0.1, -0.05) is 36.4 Å². The highest BCUT2D eigenvalue weighted by Gasteiger charge is 2.15. The summed E-state index contributed by atoms with van der Waals surface area (Å²) in [6.07, 6.45) is 0. The average Bonchev–Trinajstić information content (AvgIpc) is 2.48. The van der Waals surface area contributed by atoms with Gasteiger partial charge in [0.15, 0.2) is 0 Å². The van der Waals surface area contributed by atoms with Gasteiger partial charge < -0.3 is 15.8 Å². The van der Waals surface area contributed by atoms with Gasteiger partial charge in [-0.2, -0.15) is 0 Å². The Morgan fingerprint density at radius 2 is 1.95 bits per heavy atom. The Hall–Kier alpha value is -2.33. The van der Waals surface area contributed by atoms with E-state index in [2.05, 4.69) is 5.32 Å². The lowest BCUT2D eigenvalue weighted by Gasteiger charge is -2.13. The Bertz CT molecular complexity index is 570. The predicted octanol–water partition coefficient (Wildman–Crippen LogP) is 2.72. The fraction of sp³-hybridized carbons (Fsp3) is 0.188. The monoisotopic (exact) mass is 270 g/mol. The molecule has 0 fully saturated rings. The number of rotatable bonds is 5. The molecule has 0 radical (unpaired) electrons. The highest BCUT2D eigenvalue weighted by Crippen LogP contribution is 2.19. The third kappa shape index (κ3) is 3.59. The third-order valence-electron chi connectivity index (χ3n) is 2.85. The van der Waals surface area contributed by atoms with Crippen molar-refractivity contribution in [3.8, 4) is 5.75 Å². The first-order chi connectivity index (χ1) is 9.70. The molecular formula is C16H18N2O2. The number of benzene rings is 2. The van der Waals surface area contributed by atoms with Gasteiger partial charge in [0.1, 0.15) is 11.8 Å². The smallest absolute Gasteiger partial charge is 0.245 e. The van der Waals surface area contributed by atoms with Gasteiger partial charge in [-0.15, -0.1) is 0 Å². The first-order valence-electron chi connectivity index (χ1n) is 6.55. The van der Waals surface area contributed by atoms with Crippen molar-refractivity contribution >= 4 is 11.6 Å². The number of amides is 1. The van der Waals surface area contributed by atoms with Crippen LogP contribution in [0, 0.1) is 0 Å². The highest BCUT2D eigenvalue weighted by molar-refractivity contribution is 5.95. The van der Waals surface area contributed by atoms with Crippen LogP contribution in [0.5, 0.6) is 5.75 Å². The minimum Gasteiger partial charge on any atom is -0.494 e. The van der Waals surface area contributed by atoms with Crippen molar-refractivity contribution < 1.29 is 9.53 Å². The van der Waals surface area contributed by atoms with Crippen LogP contribution in [0.15, 0.2) is 54.6 Å². The molecule has 0 aromatic heterocycles. The molecule has 0 saturated carbocycles. The summed E-state index contributed by atoms with van der Waals surface area (Å²) in [4.78, 5) is 12.1. The van der Waals surface area contributed by atoms with E-state index in [1.807, 2.05) is 49.4 Å². The molecule has 1 amide bonds. The maximum atomic E-state index is 12.1. The van der Waals surface area contributed by atoms with E-state index in [1.54, 1.807) is 12.1 Å². The summed E-state index contributed by atoms with van der Waals surface area (Å²) in [5, 5.41) is 2.80. The molecule has 0 aliphatic rings. The van der Waals surface area contributed by atoms with Gasteiger partial charge >= 0.3 is 0 Å². The second-order valence-corrected chi connectivity index (χ2v) is 4.34. The number of anilines is 1. The molecule has 2 rings (SSSR count). The summed E-state index contributed by atoms with van der Waals surface area (Å²) >= 11 is 0. The van der Waals surface area contributed by atoms with E-state index >= 15 is 0 Å². The zero-order valence-corrected chi connectivity index (χ0v) is 11.4. The number of hydrogen-bond donors (Lipinski definition) is 2. The normalized spacial score (nSPS) is 11.7. The van der Waals surface area contributed by atoms with Crippen molar-refractivity contribution in [2.75, 3.05) is 11.9 Å². The van der Waals surface area contributed by atoms with E-state index in [1.165, 1.54) is 0 Å². The third-order valence-corrected chi connectivity index (χ3v) is 2.85. The molecular weight excluding hydrogens is 252 g/mol. The number of nitrogens with two attached hydrogens (primary N) is 1. The second-order valence-electron chi connectivity index (χ2n) is 4.34. The lowest BCUT2D eigenvalue weighted by atomic mass is 10.1. The number of carbonyl (C=O) groups excluding carboxylic acids is 1. The van der Waals surface area contributed by atoms with Crippen molar-refractivity contribution in [2.24, 2.45) is 5.73 Å². The van der Waals surface area contributed by atoms with Crippen LogP contribution >= 0.6 is 0 Å². The van der Waals surface area contributed by atoms with Crippen LogP contribution in [0.2, 0.25) is 0 Å². The predicted molar refractivity (Wildman–Crippen MR) is 79.6 cm³/mol. The Morgan fingerprint density at radius 1 is 1.20 bits per heavy atom. The minimum absolute atomic E-state index is 0.246. The molecule has 1 atom stereocenters. The van der Waals surface area contributed by atoms with E-state index in [0.717, 1.165) is 11.3 Å². The molecule has 104 valence electrons. The molecule has 2 aromatic rings. The fourth-order valence-electron chi connectivity index (χ4n) is 1.86. The van der Waals surface area contributed by atoms with Crippen molar-refractivity contribution in [1.82, 2.24) is 0 Å². The van der Waals surface area contributed by atoms with Crippen LogP contribution in [0.1, 0.15) is 18.5 Å². The van der Waals surface area contributed by atoms with Crippen LogP contribution in [0.3, 0.4) is 0 Å². The Kier molecular flexibility index (Phi) is 4.74. The largest absolute Gasteiger partial charge is 0.494 e. The molecule has 3 N–H and O–H groups in total. The van der Waals surface area contributed by atoms with E-state index in [4.69, 9.17) is 10.5 Å². The summed E-state index contributed by atoms with van der Waals surface area (Å²) in [5.41, 5.74) is 7.40. The van der Waals surface area contributed by atoms with Gasteiger partial charge in [-0.05, 0) is 24.6 Å². The van der Waals surface area contributed by atoms with Crippen molar-refractivity contribution in [3.63, 3.8) is 0 Å². The molecule has 0 spiro atoms. The van der Waals surface area contributed by atoms with Gasteiger partial charge in [0, 0.05) is 11.8 Å². The minimum atomic E-state index is -0.688. The molecule has 0 aliphatic carbocycles. The number of ether oxygens (including phenoxy) is 1. The lowest BCUT2D eigenvalue weighted by molar-refractivity contribution is -0.117. The first-order valence-corrected chi connectivity index (χ1v) is 6.55. The molecule has 0 bridgehead atoms. The summed E-state index contributed by atoms with van der Waals surface area (Å²) in [7, 11) is 0. The van der Waals surface area contributed by atoms with Crippen LogP contribution in [0.4, 0.5) is 5.69 Å². The second kappa shape index (κ2) is 6.73. The average molecular weight is 270 g/mol. The van der Waals surface area contributed by atoms with E-state index < -0.39 is 6.04 Å². The number of hydrogen-bond acceptors (Lipinski definition) is 3. The van der Waals surface area contributed by atoms with Crippen LogP contribution < -0.4 is 15.8 Å². The Balaban J connectivity index is 2.06. The molecule has 4 nitrogen and oxygen atoms in total. The van der Waals surface area contributed by atoms with Gasteiger partial charge in [-0.25, -0.2) is 0 Å². The molecule has 0 saturated heterocycles. The molecule has 0 heterocycles.